The molecule has 2 aromatic rings. The van der Waals surface area contributed by atoms with Crippen molar-refractivity contribution in [1.29, 1.82) is 0 Å². The zero-order valence-corrected chi connectivity index (χ0v) is 20.6. The molecule has 3 aliphatic heterocycles. The monoisotopic (exact) mass is 489 g/mol. The van der Waals surface area contributed by atoms with E-state index in [1.165, 1.54) is 0 Å². The van der Waals surface area contributed by atoms with Gasteiger partial charge in [0.2, 0.25) is 5.91 Å². The first kappa shape index (κ1) is 23.0. The fraction of sp³-hybridized carbons (Fsp3) is 0.583. The quantitative estimate of drug-likeness (QED) is 0.550. The number of hydrogen-bond donors (Lipinski definition) is 3. The van der Waals surface area contributed by atoms with Gasteiger partial charge in [-0.2, -0.15) is 0 Å². The number of H-pyrrole nitrogens is 1. The second-order valence-electron chi connectivity index (χ2n) is 9.31. The van der Waals surface area contributed by atoms with Crippen molar-refractivity contribution in [2.75, 3.05) is 43.9 Å². The SMILES string of the molecule is CC(=O)NC1CCN(CCC2CSC(c3cc4cc(Cl)cc(NC5CCOCC5)c4[nH]3)=N2)C1. The fourth-order valence-electron chi connectivity index (χ4n) is 4.98. The number of nitrogens with zero attached hydrogens (tertiary/aromatic N) is 2. The molecule has 1 amide bonds. The molecule has 4 heterocycles. The molecule has 2 fully saturated rings. The van der Waals surface area contributed by atoms with Crippen LogP contribution in [-0.4, -0.2) is 77.6 Å². The minimum atomic E-state index is 0.0639. The van der Waals surface area contributed by atoms with Crippen LogP contribution in [0.1, 0.15) is 38.3 Å². The molecule has 0 saturated carbocycles. The van der Waals surface area contributed by atoms with Crippen molar-refractivity contribution in [2.45, 2.75) is 50.7 Å². The molecule has 178 valence electrons. The molecule has 3 aliphatic rings. The molecule has 3 N–H and O–H groups in total. The van der Waals surface area contributed by atoms with E-state index in [4.69, 9.17) is 21.3 Å². The van der Waals surface area contributed by atoms with Crippen LogP contribution in [0.15, 0.2) is 23.2 Å². The molecule has 9 heteroatoms. The Bertz CT molecular complexity index is 1040. The van der Waals surface area contributed by atoms with E-state index in [2.05, 4.69) is 26.6 Å². The van der Waals surface area contributed by atoms with Gasteiger partial charge in [-0.15, -0.1) is 11.8 Å². The summed E-state index contributed by atoms with van der Waals surface area (Å²) in [4.78, 5) is 22.4. The van der Waals surface area contributed by atoms with Gasteiger partial charge in [0.1, 0.15) is 5.04 Å². The lowest BCUT2D eigenvalue weighted by atomic mass is 10.1. The summed E-state index contributed by atoms with van der Waals surface area (Å²) in [5.41, 5.74) is 3.22. The van der Waals surface area contributed by atoms with Gasteiger partial charge in [-0.1, -0.05) is 11.6 Å². The van der Waals surface area contributed by atoms with E-state index in [9.17, 15) is 4.79 Å². The van der Waals surface area contributed by atoms with Crippen LogP contribution in [0.3, 0.4) is 0 Å². The molecule has 0 bridgehead atoms. The van der Waals surface area contributed by atoms with Crippen LogP contribution in [0.25, 0.3) is 10.9 Å². The van der Waals surface area contributed by atoms with Crippen LogP contribution in [0, 0.1) is 0 Å². The van der Waals surface area contributed by atoms with Gasteiger partial charge in [0, 0.05) is 68.0 Å². The van der Waals surface area contributed by atoms with Crippen LogP contribution >= 0.6 is 23.4 Å². The van der Waals surface area contributed by atoms with Crippen LogP contribution in [0.5, 0.6) is 0 Å². The summed E-state index contributed by atoms with van der Waals surface area (Å²) in [5.74, 6) is 1.08. The zero-order chi connectivity index (χ0) is 22.8. The highest BCUT2D eigenvalue weighted by Gasteiger charge is 2.26. The number of fused-ring (bicyclic) bond motifs is 1. The maximum atomic E-state index is 11.3. The summed E-state index contributed by atoms with van der Waals surface area (Å²) < 4.78 is 5.49. The molecule has 33 heavy (non-hydrogen) atoms. The number of rotatable bonds is 7. The Morgan fingerprint density at radius 3 is 2.94 bits per heavy atom. The molecule has 2 saturated heterocycles. The lowest BCUT2D eigenvalue weighted by molar-refractivity contribution is -0.119. The number of halogens is 1. The molecule has 2 atom stereocenters. The number of anilines is 1. The predicted octanol–water partition coefficient (Wildman–Crippen LogP) is 3.87. The zero-order valence-electron chi connectivity index (χ0n) is 19.0. The minimum Gasteiger partial charge on any atom is -0.381 e. The van der Waals surface area contributed by atoms with E-state index >= 15 is 0 Å². The third-order valence-electron chi connectivity index (χ3n) is 6.68. The third kappa shape index (κ3) is 5.67. The highest BCUT2D eigenvalue weighted by atomic mass is 35.5. The lowest BCUT2D eigenvalue weighted by Crippen LogP contribution is -2.36. The highest BCUT2D eigenvalue weighted by molar-refractivity contribution is 8.14. The van der Waals surface area contributed by atoms with Gasteiger partial charge in [0.25, 0.3) is 0 Å². The second-order valence-corrected chi connectivity index (χ2v) is 10.8. The number of carbonyl (C=O) groups is 1. The summed E-state index contributed by atoms with van der Waals surface area (Å²) in [7, 11) is 0. The smallest absolute Gasteiger partial charge is 0.217 e. The first-order chi connectivity index (χ1) is 16.0. The Balaban J connectivity index is 1.23. The number of likely N-dealkylation sites (tertiary alicyclic amines) is 1. The highest BCUT2D eigenvalue weighted by Crippen LogP contribution is 2.33. The van der Waals surface area contributed by atoms with Crippen molar-refractivity contribution >= 4 is 50.9 Å². The molecule has 2 unspecified atom stereocenters. The number of nitrogens with one attached hydrogen (secondary N) is 3. The van der Waals surface area contributed by atoms with Gasteiger partial charge < -0.3 is 25.3 Å². The number of thioether (sulfide) groups is 1. The van der Waals surface area contributed by atoms with Crippen LogP contribution in [-0.2, 0) is 9.53 Å². The average Bonchev–Trinajstić information content (AvgIpc) is 3.52. The number of benzene rings is 1. The number of aromatic amines is 1. The number of amides is 1. The number of carbonyl (C=O) groups excluding carboxylic acids is 1. The summed E-state index contributed by atoms with van der Waals surface area (Å²) >= 11 is 8.26. The first-order valence-electron chi connectivity index (χ1n) is 11.9. The van der Waals surface area contributed by atoms with Crippen molar-refractivity contribution in [3.63, 3.8) is 0 Å². The van der Waals surface area contributed by atoms with Crippen molar-refractivity contribution in [3.05, 3.63) is 28.9 Å². The molecule has 0 spiro atoms. The number of aliphatic imine (C=N–C) groups is 1. The van der Waals surface area contributed by atoms with E-state index in [1.807, 2.05) is 23.9 Å². The van der Waals surface area contributed by atoms with Crippen molar-refractivity contribution in [2.24, 2.45) is 4.99 Å². The minimum absolute atomic E-state index is 0.0639. The van der Waals surface area contributed by atoms with Crippen molar-refractivity contribution in [1.82, 2.24) is 15.2 Å². The molecule has 1 aromatic carbocycles. The molecular formula is C24H32ClN5O2S. The first-order valence-corrected chi connectivity index (χ1v) is 13.3. The van der Waals surface area contributed by atoms with E-state index in [0.717, 1.165) is 96.6 Å². The van der Waals surface area contributed by atoms with Crippen LogP contribution in [0.4, 0.5) is 5.69 Å². The fourth-order valence-corrected chi connectivity index (χ4v) is 6.29. The molecule has 0 aliphatic carbocycles. The number of hydrogen-bond acceptors (Lipinski definition) is 6. The third-order valence-corrected chi connectivity index (χ3v) is 8.04. The Morgan fingerprint density at radius 2 is 2.12 bits per heavy atom. The van der Waals surface area contributed by atoms with Crippen molar-refractivity contribution in [3.8, 4) is 0 Å². The van der Waals surface area contributed by atoms with Crippen molar-refractivity contribution < 1.29 is 9.53 Å². The molecular weight excluding hydrogens is 458 g/mol. The molecule has 0 radical (unpaired) electrons. The van der Waals surface area contributed by atoms with E-state index < -0.39 is 0 Å². The Labute approximate surface area is 204 Å². The maximum absolute atomic E-state index is 11.3. The Morgan fingerprint density at radius 1 is 1.27 bits per heavy atom. The maximum Gasteiger partial charge on any atom is 0.217 e. The van der Waals surface area contributed by atoms with Gasteiger partial charge in [-0.05, 0) is 43.9 Å². The molecule has 7 nitrogen and oxygen atoms in total. The predicted molar refractivity (Wildman–Crippen MR) is 137 cm³/mol. The lowest BCUT2D eigenvalue weighted by Gasteiger charge is -2.24. The number of ether oxygens (including phenoxy) is 1. The van der Waals surface area contributed by atoms with Gasteiger partial charge in [-0.3, -0.25) is 9.79 Å². The standard InChI is InChI=1S/C24H32ClN5O2S/c1-15(31)26-19-2-6-30(13-19)7-3-20-14-33-24(28-20)22-11-16-10-17(25)12-21(23(16)29-22)27-18-4-8-32-9-5-18/h10-12,18-20,27,29H,2-9,13-14H2,1H3,(H,26,31). The topological polar surface area (TPSA) is 81.8 Å². The van der Waals surface area contributed by atoms with Gasteiger partial charge >= 0.3 is 0 Å². The van der Waals surface area contributed by atoms with Gasteiger partial charge in [-0.25, -0.2) is 0 Å². The summed E-state index contributed by atoms with van der Waals surface area (Å²) in [6, 6.07) is 7.23. The largest absolute Gasteiger partial charge is 0.381 e. The average molecular weight is 490 g/mol. The van der Waals surface area contributed by atoms with Gasteiger partial charge in [0.05, 0.1) is 22.9 Å². The summed E-state index contributed by atoms with van der Waals surface area (Å²) in [6.07, 6.45) is 4.10. The second kappa shape index (κ2) is 10.3. The van der Waals surface area contributed by atoms with Gasteiger partial charge in [0.15, 0.2) is 0 Å². The van der Waals surface area contributed by atoms with Crippen LogP contribution in [0.2, 0.25) is 5.02 Å². The van der Waals surface area contributed by atoms with Crippen LogP contribution < -0.4 is 10.6 Å². The van der Waals surface area contributed by atoms with E-state index in [-0.39, 0.29) is 5.91 Å². The Kier molecular flexibility index (Phi) is 7.16. The molecule has 5 rings (SSSR count). The summed E-state index contributed by atoms with van der Waals surface area (Å²) in [6.45, 7) is 6.22. The number of aromatic nitrogens is 1. The normalized spacial score (nSPS) is 24.4. The summed E-state index contributed by atoms with van der Waals surface area (Å²) in [5, 5.41) is 9.64. The molecule has 1 aromatic heterocycles. The van der Waals surface area contributed by atoms with E-state index in [0.29, 0.717) is 18.1 Å². The van der Waals surface area contributed by atoms with E-state index in [1.54, 1.807) is 6.92 Å². The Hall–Kier alpha value is -1.74.